The molecule has 0 N–H and O–H groups in total. The first-order valence-electron chi connectivity index (χ1n) is 8.87. The monoisotopic (exact) mass is 377 g/mol. The zero-order valence-electron chi connectivity index (χ0n) is 15.0. The van der Waals surface area contributed by atoms with Crippen LogP contribution in [0.5, 0.6) is 11.5 Å². The van der Waals surface area contributed by atoms with Crippen LogP contribution in [0, 0.1) is 0 Å². The van der Waals surface area contributed by atoms with Crippen LogP contribution in [-0.2, 0) is 23.5 Å². The molecule has 0 saturated heterocycles. The Hall–Kier alpha value is -2.06. The molecule has 1 aromatic carbocycles. The number of rotatable bonds is 3. The average Bonchev–Trinajstić information content (AvgIpc) is 2.88. The smallest absolute Gasteiger partial charge is 0.243 e. The van der Waals surface area contributed by atoms with Crippen molar-refractivity contribution in [3.8, 4) is 11.5 Å². The second-order valence-electron chi connectivity index (χ2n) is 6.76. The lowest BCUT2D eigenvalue weighted by Crippen LogP contribution is -2.33. The maximum Gasteiger partial charge on any atom is 0.243 e. The molecule has 7 nitrogen and oxygen atoms in total. The molecule has 1 atom stereocenters. The van der Waals surface area contributed by atoms with E-state index in [4.69, 9.17) is 9.47 Å². The van der Waals surface area contributed by atoms with Gasteiger partial charge in [-0.25, -0.2) is 8.42 Å². The van der Waals surface area contributed by atoms with E-state index in [1.54, 1.807) is 31.4 Å². The minimum absolute atomic E-state index is 0.201. The van der Waals surface area contributed by atoms with Gasteiger partial charge in [-0.05, 0) is 31.4 Å². The quantitative estimate of drug-likeness (QED) is 0.820. The van der Waals surface area contributed by atoms with Crippen LogP contribution in [0.3, 0.4) is 0 Å². The third-order valence-electron chi connectivity index (χ3n) is 5.18. The summed E-state index contributed by atoms with van der Waals surface area (Å²) in [6.07, 6.45) is 5.24. The zero-order chi connectivity index (χ0) is 18.3. The van der Waals surface area contributed by atoms with Crippen LogP contribution in [0.2, 0.25) is 0 Å². The Morgan fingerprint density at radius 1 is 1.19 bits per heavy atom. The van der Waals surface area contributed by atoms with Gasteiger partial charge < -0.3 is 9.47 Å². The van der Waals surface area contributed by atoms with E-state index in [2.05, 4.69) is 5.10 Å². The van der Waals surface area contributed by atoms with Crippen LogP contribution >= 0.6 is 0 Å². The Balaban J connectivity index is 1.68. The number of hydrogen-bond donors (Lipinski definition) is 0. The molecule has 0 fully saturated rings. The van der Waals surface area contributed by atoms with Gasteiger partial charge in [-0.1, -0.05) is 0 Å². The molecule has 0 radical (unpaired) electrons. The van der Waals surface area contributed by atoms with E-state index in [1.165, 1.54) is 4.31 Å². The van der Waals surface area contributed by atoms with Crippen LogP contribution in [0.1, 0.15) is 36.6 Å². The van der Waals surface area contributed by atoms with E-state index in [-0.39, 0.29) is 10.9 Å². The third-order valence-corrected chi connectivity index (χ3v) is 7.04. The SMILES string of the molecule is CN([C@@H]1CCCc2c1cnn2C)S(=O)(=O)c1ccc2c(c1)OCCCO2. The first-order chi connectivity index (χ1) is 12.5. The Kier molecular flexibility index (Phi) is 4.40. The first-order valence-corrected chi connectivity index (χ1v) is 10.3. The highest BCUT2D eigenvalue weighted by atomic mass is 32.2. The summed E-state index contributed by atoms with van der Waals surface area (Å²) >= 11 is 0. The normalized spacial score (nSPS) is 19.9. The molecule has 1 aromatic heterocycles. The summed E-state index contributed by atoms with van der Waals surface area (Å²) in [5.74, 6) is 1.08. The van der Waals surface area contributed by atoms with Crippen molar-refractivity contribution < 1.29 is 17.9 Å². The Morgan fingerprint density at radius 3 is 2.77 bits per heavy atom. The molecule has 2 aliphatic rings. The van der Waals surface area contributed by atoms with Gasteiger partial charge in [-0.15, -0.1) is 0 Å². The van der Waals surface area contributed by atoms with Gasteiger partial charge >= 0.3 is 0 Å². The van der Waals surface area contributed by atoms with Crippen molar-refractivity contribution in [3.63, 3.8) is 0 Å². The molecule has 2 heterocycles. The highest BCUT2D eigenvalue weighted by molar-refractivity contribution is 7.89. The molecule has 1 aliphatic heterocycles. The minimum atomic E-state index is -3.66. The summed E-state index contributed by atoms with van der Waals surface area (Å²) in [5, 5.41) is 4.31. The summed E-state index contributed by atoms with van der Waals surface area (Å²) in [5.41, 5.74) is 2.11. The van der Waals surface area contributed by atoms with Crippen molar-refractivity contribution in [1.82, 2.24) is 14.1 Å². The van der Waals surface area contributed by atoms with Gasteiger partial charge in [0.25, 0.3) is 0 Å². The molecule has 0 spiro atoms. The number of sulfonamides is 1. The number of fused-ring (bicyclic) bond motifs is 2. The van der Waals surface area contributed by atoms with Crippen molar-refractivity contribution in [2.45, 2.75) is 36.6 Å². The highest BCUT2D eigenvalue weighted by Crippen LogP contribution is 2.38. The summed E-state index contributed by atoms with van der Waals surface area (Å²) < 4.78 is 41.0. The van der Waals surface area contributed by atoms with E-state index in [1.807, 2.05) is 11.7 Å². The average molecular weight is 377 g/mol. The molecule has 8 heteroatoms. The van der Waals surface area contributed by atoms with E-state index in [0.29, 0.717) is 24.7 Å². The summed E-state index contributed by atoms with van der Waals surface area (Å²) in [4.78, 5) is 0.222. The van der Waals surface area contributed by atoms with E-state index in [9.17, 15) is 8.42 Å². The van der Waals surface area contributed by atoms with Crippen LogP contribution in [0.15, 0.2) is 29.3 Å². The fourth-order valence-corrected chi connectivity index (χ4v) is 5.08. The van der Waals surface area contributed by atoms with Gasteiger partial charge in [0.05, 0.1) is 30.3 Å². The maximum absolute atomic E-state index is 13.2. The van der Waals surface area contributed by atoms with Gasteiger partial charge in [-0.2, -0.15) is 9.40 Å². The van der Waals surface area contributed by atoms with Crippen molar-refractivity contribution >= 4 is 10.0 Å². The van der Waals surface area contributed by atoms with E-state index < -0.39 is 10.0 Å². The maximum atomic E-state index is 13.2. The Morgan fingerprint density at radius 2 is 1.96 bits per heavy atom. The van der Waals surface area contributed by atoms with Crippen molar-refractivity contribution in [3.05, 3.63) is 35.7 Å². The molecular formula is C18H23N3O4S. The van der Waals surface area contributed by atoms with Gasteiger partial charge in [0.2, 0.25) is 10.0 Å². The molecule has 1 aliphatic carbocycles. The number of nitrogens with zero attached hydrogens (tertiary/aromatic N) is 3. The van der Waals surface area contributed by atoms with Gasteiger partial charge in [0.1, 0.15) is 0 Å². The largest absolute Gasteiger partial charge is 0.490 e. The van der Waals surface area contributed by atoms with Crippen LogP contribution < -0.4 is 9.47 Å². The molecule has 4 rings (SSSR count). The van der Waals surface area contributed by atoms with Crippen LogP contribution in [0.25, 0.3) is 0 Å². The lowest BCUT2D eigenvalue weighted by atomic mass is 9.93. The Labute approximate surface area is 153 Å². The molecule has 140 valence electrons. The molecule has 2 aromatic rings. The fourth-order valence-electron chi connectivity index (χ4n) is 3.70. The second kappa shape index (κ2) is 6.59. The van der Waals surface area contributed by atoms with Gasteiger partial charge in [0.15, 0.2) is 11.5 Å². The molecule has 26 heavy (non-hydrogen) atoms. The van der Waals surface area contributed by atoms with Gasteiger partial charge in [-0.3, -0.25) is 4.68 Å². The van der Waals surface area contributed by atoms with Crippen molar-refractivity contribution in [1.29, 1.82) is 0 Å². The number of hydrogen-bond acceptors (Lipinski definition) is 5. The third kappa shape index (κ3) is 2.87. The van der Waals surface area contributed by atoms with Crippen molar-refractivity contribution in [2.24, 2.45) is 7.05 Å². The summed E-state index contributed by atoms with van der Waals surface area (Å²) in [6.45, 7) is 1.10. The topological polar surface area (TPSA) is 73.7 Å². The molecule has 0 bridgehead atoms. The predicted molar refractivity (Wildman–Crippen MR) is 95.9 cm³/mol. The predicted octanol–water partition coefficient (Wildman–Crippen LogP) is 2.28. The molecule has 0 unspecified atom stereocenters. The number of ether oxygens (including phenoxy) is 2. The highest BCUT2D eigenvalue weighted by Gasteiger charge is 2.34. The zero-order valence-corrected chi connectivity index (χ0v) is 15.8. The molecule has 0 saturated carbocycles. The minimum Gasteiger partial charge on any atom is -0.490 e. The summed E-state index contributed by atoms with van der Waals surface area (Å²) in [7, 11) is -0.110. The molecule has 0 amide bonds. The van der Waals surface area contributed by atoms with Crippen LogP contribution in [-0.4, -0.2) is 42.8 Å². The first kappa shape index (κ1) is 17.4. The number of aromatic nitrogens is 2. The second-order valence-corrected chi connectivity index (χ2v) is 8.76. The van der Waals surface area contributed by atoms with Gasteiger partial charge in [0, 0.05) is 37.8 Å². The molecular weight excluding hydrogens is 354 g/mol. The Bertz CT molecular complexity index is 923. The fraction of sp³-hybridized carbons (Fsp3) is 0.500. The lowest BCUT2D eigenvalue weighted by molar-refractivity contribution is 0.296. The van der Waals surface area contributed by atoms with Crippen LogP contribution in [0.4, 0.5) is 0 Å². The van der Waals surface area contributed by atoms with E-state index >= 15 is 0 Å². The lowest BCUT2D eigenvalue weighted by Gasteiger charge is -2.30. The standard InChI is InChI=1S/C18H23N3O4S/c1-20-15-5-3-6-16(14(15)12-19-20)21(2)26(22,23)13-7-8-17-18(11-13)25-10-4-9-24-17/h7-8,11-12,16H,3-6,9-10H2,1-2H3/t16-/m1/s1. The number of aryl methyl sites for hydroxylation is 1. The summed E-state index contributed by atoms with van der Waals surface area (Å²) in [6, 6.07) is 4.64. The number of benzene rings is 1. The van der Waals surface area contributed by atoms with Crippen molar-refractivity contribution in [2.75, 3.05) is 20.3 Å². The van der Waals surface area contributed by atoms with E-state index in [0.717, 1.165) is 36.9 Å².